The molecule has 2 aromatic rings. The highest BCUT2D eigenvalue weighted by molar-refractivity contribution is 5.62. The summed E-state index contributed by atoms with van der Waals surface area (Å²) in [6, 6.07) is 15.0. The van der Waals surface area contributed by atoms with E-state index >= 15 is 0 Å². The molecule has 0 N–H and O–H groups in total. The van der Waals surface area contributed by atoms with Gasteiger partial charge in [-0.05, 0) is 49.1 Å². The summed E-state index contributed by atoms with van der Waals surface area (Å²) in [4.78, 5) is 0. The predicted molar refractivity (Wildman–Crippen MR) is 111 cm³/mol. The molecule has 0 aliphatic rings. The first-order valence-electron chi connectivity index (χ1n) is 9.89. The molecule has 0 aliphatic carbocycles. The smallest absolute Gasteiger partial charge is 0.161 e. The molecule has 0 amide bonds. The second kappa shape index (κ2) is 11.3. The van der Waals surface area contributed by atoms with Gasteiger partial charge in [0.1, 0.15) is 5.83 Å². The fraction of sp³-hybridized carbons (Fsp3) is 0.360. The minimum absolute atomic E-state index is 0.151. The predicted octanol–water partition coefficient (Wildman–Crippen LogP) is 7.62. The van der Waals surface area contributed by atoms with Crippen LogP contribution in [0.5, 0.6) is 0 Å². The molecular weight excluding hydrogens is 338 g/mol. The molecule has 0 nitrogen and oxygen atoms in total. The number of hydrogen-bond acceptors (Lipinski definition) is 0. The Hall–Kier alpha value is -2.40. The van der Waals surface area contributed by atoms with E-state index in [2.05, 4.69) is 30.9 Å². The first-order valence-corrected chi connectivity index (χ1v) is 9.89. The molecule has 0 atom stereocenters. The molecule has 142 valence electrons. The van der Waals surface area contributed by atoms with Crippen molar-refractivity contribution >= 4 is 5.83 Å². The molecule has 2 aromatic carbocycles. The van der Waals surface area contributed by atoms with Gasteiger partial charge in [-0.2, -0.15) is 0 Å². The quantitative estimate of drug-likeness (QED) is 0.333. The fourth-order valence-corrected chi connectivity index (χ4v) is 2.78. The Morgan fingerprint density at radius 3 is 1.85 bits per heavy atom. The van der Waals surface area contributed by atoms with Crippen LogP contribution in [0.3, 0.4) is 0 Å². The van der Waals surface area contributed by atoms with Gasteiger partial charge in [0.25, 0.3) is 0 Å². The minimum Gasteiger partial charge on any atom is -0.209 e. The molecule has 0 unspecified atom stereocenters. The Labute approximate surface area is 162 Å². The molecule has 0 heterocycles. The first kappa shape index (κ1) is 20.9. The van der Waals surface area contributed by atoms with Crippen LogP contribution >= 0.6 is 0 Å². The minimum atomic E-state index is -0.762. The van der Waals surface area contributed by atoms with E-state index in [0.717, 1.165) is 24.0 Å². The zero-order valence-electron chi connectivity index (χ0n) is 16.3. The zero-order chi connectivity index (χ0) is 19.5. The van der Waals surface area contributed by atoms with E-state index in [0.29, 0.717) is 6.42 Å². The van der Waals surface area contributed by atoms with Gasteiger partial charge < -0.3 is 0 Å². The number of hydrogen-bond donors (Lipinski definition) is 0. The van der Waals surface area contributed by atoms with Gasteiger partial charge >= 0.3 is 0 Å². The third kappa shape index (κ3) is 7.02. The maximum atomic E-state index is 14.1. The Balaban J connectivity index is 2.01. The number of allylic oxidation sites excluding steroid dienone is 1. The maximum absolute atomic E-state index is 14.1. The molecule has 0 aromatic heterocycles. The lowest BCUT2D eigenvalue weighted by Gasteiger charge is -2.02. The number of aryl methyl sites for hydroxylation is 1. The van der Waals surface area contributed by atoms with E-state index < -0.39 is 11.7 Å². The normalized spacial score (nSPS) is 11.6. The van der Waals surface area contributed by atoms with Crippen LogP contribution in [-0.4, -0.2) is 0 Å². The summed E-state index contributed by atoms with van der Waals surface area (Å²) >= 11 is 0. The fourth-order valence-electron chi connectivity index (χ4n) is 2.78. The van der Waals surface area contributed by atoms with Crippen molar-refractivity contribution in [3.8, 4) is 11.8 Å². The van der Waals surface area contributed by atoms with Crippen LogP contribution < -0.4 is 0 Å². The van der Waals surface area contributed by atoms with E-state index in [1.54, 1.807) is 24.3 Å². The van der Waals surface area contributed by atoms with Crippen LogP contribution in [0.4, 0.5) is 8.78 Å². The molecule has 0 aliphatic heterocycles. The molecule has 0 spiro atoms. The molecule has 2 rings (SSSR count). The molecule has 0 saturated heterocycles. The van der Waals surface area contributed by atoms with Crippen LogP contribution in [0, 0.1) is 11.8 Å². The summed E-state index contributed by atoms with van der Waals surface area (Å²) in [5, 5.41) is 0. The Kier molecular flexibility index (Phi) is 8.78. The van der Waals surface area contributed by atoms with Crippen molar-refractivity contribution in [2.24, 2.45) is 0 Å². The maximum Gasteiger partial charge on any atom is 0.161 e. The highest BCUT2D eigenvalue weighted by atomic mass is 19.2. The molecule has 2 heteroatoms. The average Bonchev–Trinajstić information content (AvgIpc) is 2.71. The number of benzene rings is 2. The van der Waals surface area contributed by atoms with Crippen LogP contribution in [0.15, 0.2) is 54.4 Å². The van der Waals surface area contributed by atoms with Gasteiger partial charge in [-0.1, -0.05) is 69.2 Å². The average molecular weight is 366 g/mol. The van der Waals surface area contributed by atoms with Crippen molar-refractivity contribution in [2.75, 3.05) is 0 Å². The monoisotopic (exact) mass is 366 g/mol. The van der Waals surface area contributed by atoms with E-state index in [1.807, 2.05) is 19.1 Å². The van der Waals surface area contributed by atoms with Gasteiger partial charge in [0.15, 0.2) is 5.83 Å². The topological polar surface area (TPSA) is 0 Å². The van der Waals surface area contributed by atoms with E-state index in [-0.39, 0.29) is 12.0 Å². The van der Waals surface area contributed by atoms with Gasteiger partial charge in [0.2, 0.25) is 0 Å². The number of rotatable bonds is 8. The summed E-state index contributed by atoms with van der Waals surface area (Å²) in [6.07, 6.45) is 6.46. The third-order valence-corrected chi connectivity index (χ3v) is 4.50. The van der Waals surface area contributed by atoms with Gasteiger partial charge in [-0.25, -0.2) is 8.78 Å². The van der Waals surface area contributed by atoms with Crippen molar-refractivity contribution in [1.29, 1.82) is 0 Å². The van der Waals surface area contributed by atoms with Crippen molar-refractivity contribution in [3.63, 3.8) is 0 Å². The lowest BCUT2D eigenvalue weighted by atomic mass is 10.1. The lowest BCUT2D eigenvalue weighted by molar-refractivity contribution is 0.548. The third-order valence-electron chi connectivity index (χ3n) is 4.50. The summed E-state index contributed by atoms with van der Waals surface area (Å²) in [5.74, 6) is 4.77. The van der Waals surface area contributed by atoms with E-state index in [1.165, 1.54) is 24.8 Å². The van der Waals surface area contributed by atoms with Crippen LogP contribution in [0.1, 0.15) is 74.6 Å². The molecule has 0 radical (unpaired) electrons. The summed E-state index contributed by atoms with van der Waals surface area (Å²) in [6.45, 7) is 4.16. The molecule has 0 fully saturated rings. The number of unbranched alkanes of at least 4 members (excludes halogenated alkanes) is 3. The standard InChI is InChI=1S/C25H28F2/c1-3-5-7-8-20-10-12-21(13-11-20)14-15-22-16-18-23(19-17-22)25(27)24(26)9-6-4-2/h10-13,16-19H,3-9H2,1-2H3. The molecule has 0 bridgehead atoms. The Morgan fingerprint density at radius 2 is 1.30 bits per heavy atom. The summed E-state index contributed by atoms with van der Waals surface area (Å²) < 4.78 is 27.8. The lowest BCUT2D eigenvalue weighted by Crippen LogP contribution is -1.86. The molecular formula is C25H28F2. The van der Waals surface area contributed by atoms with E-state index in [4.69, 9.17) is 0 Å². The summed E-state index contributed by atoms with van der Waals surface area (Å²) in [7, 11) is 0. The Morgan fingerprint density at radius 1 is 0.741 bits per heavy atom. The van der Waals surface area contributed by atoms with Crippen LogP contribution in [0.2, 0.25) is 0 Å². The molecule has 27 heavy (non-hydrogen) atoms. The first-order chi connectivity index (χ1) is 13.1. The number of halogens is 2. The second-order valence-electron chi connectivity index (χ2n) is 6.80. The summed E-state index contributed by atoms with van der Waals surface area (Å²) in [5.41, 5.74) is 3.35. The van der Waals surface area contributed by atoms with Gasteiger partial charge in [0, 0.05) is 23.1 Å². The van der Waals surface area contributed by atoms with Crippen molar-refractivity contribution in [1.82, 2.24) is 0 Å². The Bertz CT molecular complexity index is 787. The van der Waals surface area contributed by atoms with Gasteiger partial charge in [-0.3, -0.25) is 0 Å². The van der Waals surface area contributed by atoms with Gasteiger partial charge in [-0.15, -0.1) is 0 Å². The van der Waals surface area contributed by atoms with Crippen LogP contribution in [0.25, 0.3) is 5.83 Å². The van der Waals surface area contributed by atoms with E-state index in [9.17, 15) is 8.78 Å². The van der Waals surface area contributed by atoms with Crippen molar-refractivity contribution in [2.45, 2.75) is 58.8 Å². The van der Waals surface area contributed by atoms with Gasteiger partial charge in [0.05, 0.1) is 0 Å². The highest BCUT2D eigenvalue weighted by Gasteiger charge is 2.08. The largest absolute Gasteiger partial charge is 0.209 e. The SMILES string of the molecule is CCCCCc1ccc(C#Cc2ccc(C(F)=C(F)CCCC)cc2)cc1. The van der Waals surface area contributed by atoms with Crippen molar-refractivity contribution in [3.05, 3.63) is 76.6 Å². The van der Waals surface area contributed by atoms with Crippen LogP contribution in [-0.2, 0) is 6.42 Å². The molecule has 0 saturated carbocycles. The highest BCUT2D eigenvalue weighted by Crippen LogP contribution is 2.25. The van der Waals surface area contributed by atoms with Crippen molar-refractivity contribution < 1.29 is 8.78 Å². The zero-order valence-corrected chi connectivity index (χ0v) is 16.3. The second-order valence-corrected chi connectivity index (χ2v) is 6.80.